The number of anilines is 2. The molecular formula is C39H44N4O8S3. The van der Waals surface area contributed by atoms with E-state index in [9.17, 15) is 35.5 Å². The van der Waals surface area contributed by atoms with E-state index < -0.39 is 54.4 Å². The first-order chi connectivity index (χ1) is 25.1. The first-order valence-electron chi connectivity index (χ1n) is 17.5. The molecule has 2 aromatic rings. The van der Waals surface area contributed by atoms with Gasteiger partial charge in [-0.15, -0.1) is 0 Å². The summed E-state index contributed by atoms with van der Waals surface area (Å²) < 4.78 is 66.7. The van der Waals surface area contributed by atoms with Crippen molar-refractivity contribution < 1.29 is 35.5 Å². The Bertz CT molecular complexity index is 2190. The zero-order valence-electron chi connectivity index (χ0n) is 31.0. The van der Waals surface area contributed by atoms with Crippen molar-refractivity contribution in [1.82, 2.24) is 9.80 Å². The van der Waals surface area contributed by atoms with E-state index >= 15 is 0 Å². The highest BCUT2D eigenvalue weighted by Gasteiger charge is 2.43. The zero-order chi connectivity index (χ0) is 39.5. The number of benzene rings is 2. The Labute approximate surface area is 322 Å². The van der Waals surface area contributed by atoms with Crippen molar-refractivity contribution in [3.05, 3.63) is 118 Å². The van der Waals surface area contributed by atoms with E-state index in [4.69, 9.17) is 12.2 Å². The first-order valence-corrected chi connectivity index (χ1v) is 21.1. The number of likely N-dealkylation sites (N-methyl/N-ethyl adjacent to an activating group) is 2. The van der Waals surface area contributed by atoms with Crippen molar-refractivity contribution in [3.63, 3.8) is 0 Å². The molecule has 0 aromatic heterocycles. The van der Waals surface area contributed by atoms with Crippen LogP contribution in [0.15, 0.2) is 107 Å². The Kier molecular flexibility index (Phi) is 10.2. The summed E-state index contributed by atoms with van der Waals surface area (Å²) in [5.74, 6) is -2.04. The second-order valence-electron chi connectivity index (χ2n) is 14.9. The highest BCUT2D eigenvalue weighted by molar-refractivity contribution is 7.86. The standard InChI is InChI=1S/C39H44N4O8S3/c1-38(2)27-11-7-9-13-29(27)42(21-23-53(46,47)48)31(38)19-17-25-15-16-26(33(25)34-35(44)40(5)37(52)41(6)36(34)45)18-20-32-39(3,4)28-12-8-10-14-30(28)43(32)22-24-54(49,50)51/h7-14,17-20H,15-16,21-24H2,1-6H3,(H,46,47,48)(H,49,50,51). The monoisotopic (exact) mass is 792 g/mol. The minimum atomic E-state index is -4.26. The number of allylic oxidation sites excluding steroid dienone is 9. The second kappa shape index (κ2) is 14.0. The molecule has 0 spiro atoms. The van der Waals surface area contributed by atoms with E-state index in [0.717, 1.165) is 45.0 Å². The fourth-order valence-electron chi connectivity index (χ4n) is 7.96. The summed E-state index contributed by atoms with van der Waals surface area (Å²) in [5, 5.41) is 0.0764. The number of hydrogen-bond acceptors (Lipinski definition) is 9. The summed E-state index contributed by atoms with van der Waals surface area (Å²) in [6.45, 7) is 8.15. The molecule has 0 radical (unpaired) electrons. The molecule has 15 heteroatoms. The Hall–Kier alpha value is -4.41. The number of carbonyl (C=O) groups is 2. The van der Waals surface area contributed by atoms with Crippen LogP contribution < -0.4 is 9.80 Å². The molecular weight excluding hydrogens is 749 g/mol. The second-order valence-corrected chi connectivity index (χ2v) is 18.4. The van der Waals surface area contributed by atoms with Crippen LogP contribution in [0.4, 0.5) is 11.4 Å². The predicted molar refractivity (Wildman–Crippen MR) is 213 cm³/mol. The minimum Gasteiger partial charge on any atom is -0.343 e. The van der Waals surface area contributed by atoms with Gasteiger partial charge in [0.25, 0.3) is 32.1 Å². The molecule has 2 fully saturated rings. The smallest absolute Gasteiger partial charge is 0.266 e. The van der Waals surface area contributed by atoms with E-state index in [2.05, 4.69) is 0 Å². The van der Waals surface area contributed by atoms with Crippen LogP contribution in [0.2, 0.25) is 0 Å². The van der Waals surface area contributed by atoms with Gasteiger partial charge in [-0.1, -0.05) is 76.2 Å². The van der Waals surface area contributed by atoms with Gasteiger partial charge in [0.1, 0.15) is 5.57 Å². The Morgan fingerprint density at radius 3 is 1.39 bits per heavy atom. The van der Waals surface area contributed by atoms with Crippen LogP contribution in [-0.2, 0) is 40.7 Å². The Balaban J connectivity index is 1.51. The van der Waals surface area contributed by atoms with Crippen molar-refractivity contribution in [2.24, 2.45) is 0 Å². The number of carbonyl (C=O) groups excluding carboxylic acids is 2. The molecule has 2 aromatic carbocycles. The summed E-state index contributed by atoms with van der Waals surface area (Å²) >= 11 is 5.39. The quantitative estimate of drug-likeness (QED) is 0.155. The molecule has 286 valence electrons. The molecule has 0 bridgehead atoms. The lowest BCUT2D eigenvalue weighted by Crippen LogP contribution is -2.53. The lowest BCUT2D eigenvalue weighted by atomic mass is 9.83. The zero-order valence-corrected chi connectivity index (χ0v) is 33.5. The number of nitrogens with zero attached hydrogens (tertiary/aromatic N) is 4. The van der Waals surface area contributed by atoms with Crippen LogP contribution >= 0.6 is 12.2 Å². The lowest BCUT2D eigenvalue weighted by molar-refractivity contribution is -0.132. The largest absolute Gasteiger partial charge is 0.343 e. The van der Waals surface area contributed by atoms with Crippen molar-refractivity contribution in [2.75, 3.05) is 48.5 Å². The number of rotatable bonds is 8. The van der Waals surface area contributed by atoms with E-state index in [1.165, 1.54) is 23.9 Å². The Morgan fingerprint density at radius 2 is 1.02 bits per heavy atom. The van der Waals surface area contributed by atoms with Gasteiger partial charge in [0, 0.05) is 60.8 Å². The van der Waals surface area contributed by atoms with Gasteiger partial charge in [0.05, 0.1) is 11.5 Å². The van der Waals surface area contributed by atoms with Gasteiger partial charge in [0.2, 0.25) is 0 Å². The molecule has 0 unspecified atom stereocenters. The van der Waals surface area contributed by atoms with Crippen molar-refractivity contribution in [3.8, 4) is 0 Å². The molecule has 54 heavy (non-hydrogen) atoms. The summed E-state index contributed by atoms with van der Waals surface area (Å²) in [6, 6.07) is 15.3. The summed E-state index contributed by atoms with van der Waals surface area (Å²) in [4.78, 5) is 34.1. The van der Waals surface area contributed by atoms with Crippen LogP contribution in [-0.4, -0.2) is 91.4 Å². The lowest BCUT2D eigenvalue weighted by Gasteiger charge is -2.33. The molecule has 4 aliphatic rings. The maximum atomic E-state index is 13.9. The maximum Gasteiger partial charge on any atom is 0.266 e. The fraction of sp³-hybridized carbons (Fsp3) is 0.359. The fourth-order valence-corrected chi connectivity index (χ4v) is 8.95. The molecule has 1 aliphatic carbocycles. The van der Waals surface area contributed by atoms with Gasteiger partial charge in [-0.2, -0.15) is 16.8 Å². The maximum absolute atomic E-state index is 13.9. The third-order valence-electron chi connectivity index (χ3n) is 10.8. The molecule has 1 saturated heterocycles. The molecule has 6 rings (SSSR count). The third kappa shape index (κ3) is 7.10. The van der Waals surface area contributed by atoms with Gasteiger partial charge in [-0.3, -0.25) is 28.5 Å². The number of hydrogen-bond donors (Lipinski definition) is 2. The average molecular weight is 793 g/mol. The molecule has 1 saturated carbocycles. The van der Waals surface area contributed by atoms with Gasteiger partial charge in [-0.25, -0.2) is 0 Å². The van der Waals surface area contributed by atoms with Crippen LogP contribution in [0.3, 0.4) is 0 Å². The van der Waals surface area contributed by atoms with E-state index in [-0.39, 0.29) is 23.8 Å². The summed E-state index contributed by atoms with van der Waals surface area (Å²) in [7, 11) is -5.48. The number of fused-ring (bicyclic) bond motifs is 2. The predicted octanol–water partition coefficient (Wildman–Crippen LogP) is 5.28. The average Bonchev–Trinajstić information content (AvgIpc) is 3.66. The number of amides is 2. The first kappa shape index (κ1) is 39.3. The molecule has 2 amide bonds. The van der Waals surface area contributed by atoms with E-state index in [0.29, 0.717) is 18.4 Å². The minimum absolute atomic E-state index is 0.0111. The van der Waals surface area contributed by atoms with Gasteiger partial charge in [-0.05, 0) is 77.2 Å². The van der Waals surface area contributed by atoms with Crippen LogP contribution in [0, 0.1) is 0 Å². The van der Waals surface area contributed by atoms with Crippen LogP contribution in [0.1, 0.15) is 51.7 Å². The summed E-state index contributed by atoms with van der Waals surface area (Å²) in [6.07, 6.45) is 8.49. The highest BCUT2D eigenvalue weighted by Crippen LogP contribution is 2.50. The van der Waals surface area contributed by atoms with Crippen molar-refractivity contribution >= 4 is 60.8 Å². The molecule has 0 atom stereocenters. The summed E-state index contributed by atoms with van der Waals surface area (Å²) in [5.41, 5.74) is 5.92. The van der Waals surface area contributed by atoms with Crippen LogP contribution in [0.5, 0.6) is 0 Å². The topological polar surface area (TPSA) is 156 Å². The highest BCUT2D eigenvalue weighted by atomic mass is 32.2. The van der Waals surface area contributed by atoms with E-state index in [1.807, 2.05) is 110 Å². The molecule has 12 nitrogen and oxygen atoms in total. The van der Waals surface area contributed by atoms with Crippen molar-refractivity contribution in [2.45, 2.75) is 51.4 Å². The number of thiocarbonyl (C=S) groups is 1. The Morgan fingerprint density at radius 1 is 0.648 bits per heavy atom. The normalized spacial score (nSPS) is 22.9. The van der Waals surface area contributed by atoms with Gasteiger partial charge in [0.15, 0.2) is 5.11 Å². The number of para-hydroxylation sites is 2. The molecule has 2 N–H and O–H groups in total. The SMILES string of the molecule is CN1C(=O)C(=C2C(=CC=C3N(CCS(=O)(=O)O)c4ccccc4C3(C)C)CCC2=CC=C2N(CCS(=O)(=O)O)c3ccccc3C2(C)C)C(=O)N(C)C1=S. The van der Waals surface area contributed by atoms with Crippen molar-refractivity contribution in [1.29, 1.82) is 0 Å². The van der Waals surface area contributed by atoms with Gasteiger partial charge < -0.3 is 9.80 Å². The third-order valence-corrected chi connectivity index (χ3v) is 12.7. The molecule has 3 aliphatic heterocycles. The van der Waals surface area contributed by atoms with Gasteiger partial charge >= 0.3 is 0 Å². The van der Waals surface area contributed by atoms with Crippen LogP contribution in [0.25, 0.3) is 0 Å². The molecule has 3 heterocycles. The van der Waals surface area contributed by atoms with E-state index in [1.54, 1.807) is 0 Å².